The summed E-state index contributed by atoms with van der Waals surface area (Å²) < 4.78 is 0. The van der Waals surface area contributed by atoms with Crippen LogP contribution < -0.4 is 5.32 Å². The van der Waals surface area contributed by atoms with E-state index in [1.807, 2.05) is 0 Å². The van der Waals surface area contributed by atoms with Crippen LogP contribution in [0.1, 0.15) is 40.0 Å². The van der Waals surface area contributed by atoms with Crippen molar-refractivity contribution < 1.29 is 5.11 Å². The van der Waals surface area contributed by atoms with Gasteiger partial charge in [0.15, 0.2) is 0 Å². The Balaban J connectivity index is 2.28. The van der Waals surface area contributed by atoms with E-state index in [0.29, 0.717) is 18.6 Å². The second-order valence-corrected chi connectivity index (χ2v) is 4.95. The van der Waals surface area contributed by atoms with Gasteiger partial charge in [0.2, 0.25) is 0 Å². The number of aliphatic hydroxyl groups excluding tert-OH is 1. The Morgan fingerprint density at radius 3 is 2.42 bits per heavy atom. The molecule has 0 spiro atoms. The molecule has 0 aromatic rings. The summed E-state index contributed by atoms with van der Waals surface area (Å²) in [6.07, 6.45) is 3.56. The molecule has 0 aromatic carbocycles. The van der Waals surface area contributed by atoms with E-state index in [1.165, 1.54) is 12.8 Å². The van der Waals surface area contributed by atoms with Crippen LogP contribution in [0.15, 0.2) is 0 Å². The summed E-state index contributed by atoms with van der Waals surface area (Å²) in [4.78, 5) is 0. The molecule has 0 bridgehead atoms. The fourth-order valence-corrected chi connectivity index (χ4v) is 1.98. The fraction of sp³-hybridized carbons (Fsp3) is 1.00. The molecular formula is C10H21NO. The van der Waals surface area contributed by atoms with Crippen molar-refractivity contribution in [2.75, 3.05) is 6.61 Å². The number of nitrogens with one attached hydrogen (secondary N) is 1. The van der Waals surface area contributed by atoms with Gasteiger partial charge in [0.05, 0.1) is 0 Å². The number of rotatable bonds is 2. The molecule has 2 nitrogen and oxygen atoms in total. The highest BCUT2D eigenvalue weighted by Crippen LogP contribution is 2.26. The van der Waals surface area contributed by atoms with Crippen LogP contribution in [0.2, 0.25) is 0 Å². The van der Waals surface area contributed by atoms with Gasteiger partial charge >= 0.3 is 0 Å². The molecule has 0 heterocycles. The normalized spacial score (nSPS) is 31.0. The topological polar surface area (TPSA) is 32.3 Å². The highest BCUT2D eigenvalue weighted by atomic mass is 16.3. The molecule has 1 saturated carbocycles. The molecule has 1 rings (SSSR count). The van der Waals surface area contributed by atoms with Crippen molar-refractivity contribution in [2.24, 2.45) is 5.92 Å². The minimum atomic E-state index is 0.217. The first-order valence-electron chi connectivity index (χ1n) is 4.90. The molecule has 1 aliphatic carbocycles. The molecule has 12 heavy (non-hydrogen) atoms. The molecule has 0 unspecified atom stereocenters. The minimum absolute atomic E-state index is 0.217. The highest BCUT2D eigenvalue weighted by molar-refractivity contribution is 4.85. The summed E-state index contributed by atoms with van der Waals surface area (Å²) in [5, 5.41) is 12.5. The molecule has 72 valence electrons. The lowest BCUT2D eigenvalue weighted by Gasteiger charge is -2.25. The second kappa shape index (κ2) is 3.75. The third-order valence-corrected chi connectivity index (χ3v) is 2.44. The Morgan fingerprint density at radius 2 is 2.00 bits per heavy atom. The van der Waals surface area contributed by atoms with Crippen LogP contribution in [0.25, 0.3) is 0 Å². The zero-order valence-electron chi connectivity index (χ0n) is 8.43. The molecule has 1 aliphatic rings. The molecule has 1 fully saturated rings. The molecule has 0 aromatic heterocycles. The fourth-order valence-electron chi connectivity index (χ4n) is 1.98. The van der Waals surface area contributed by atoms with Crippen LogP contribution in [-0.2, 0) is 0 Å². The summed E-state index contributed by atoms with van der Waals surface area (Å²) in [5.74, 6) is 0.546. The summed E-state index contributed by atoms with van der Waals surface area (Å²) >= 11 is 0. The van der Waals surface area contributed by atoms with Gasteiger partial charge < -0.3 is 10.4 Å². The third-order valence-electron chi connectivity index (χ3n) is 2.44. The van der Waals surface area contributed by atoms with Crippen molar-refractivity contribution >= 4 is 0 Å². The van der Waals surface area contributed by atoms with E-state index in [1.54, 1.807) is 0 Å². The zero-order chi connectivity index (χ0) is 9.19. The summed E-state index contributed by atoms with van der Waals surface area (Å²) in [6, 6.07) is 0.627. The van der Waals surface area contributed by atoms with Gasteiger partial charge in [-0.3, -0.25) is 0 Å². The third kappa shape index (κ3) is 3.11. The molecule has 0 saturated heterocycles. The van der Waals surface area contributed by atoms with Gasteiger partial charge in [0, 0.05) is 18.2 Å². The molecule has 0 radical (unpaired) electrons. The average Bonchev–Trinajstić information content (AvgIpc) is 2.32. The SMILES string of the molecule is CC(C)(C)N[C@H]1CC[C@@H](CO)C1. The van der Waals surface area contributed by atoms with Crippen LogP contribution in [0.5, 0.6) is 0 Å². The average molecular weight is 171 g/mol. The molecule has 2 atom stereocenters. The van der Waals surface area contributed by atoms with Gasteiger partial charge in [-0.25, -0.2) is 0 Å². The summed E-state index contributed by atoms with van der Waals surface area (Å²) in [7, 11) is 0. The second-order valence-electron chi connectivity index (χ2n) is 4.95. The first-order chi connectivity index (χ1) is 5.51. The van der Waals surface area contributed by atoms with Gasteiger partial charge in [-0.15, -0.1) is 0 Å². The smallest absolute Gasteiger partial charge is 0.0459 e. The predicted octanol–water partition coefficient (Wildman–Crippen LogP) is 1.54. The number of aliphatic hydroxyl groups is 1. The predicted molar refractivity (Wildman–Crippen MR) is 51.1 cm³/mol. The van der Waals surface area contributed by atoms with Gasteiger partial charge in [0.25, 0.3) is 0 Å². The van der Waals surface area contributed by atoms with Gasteiger partial charge in [0.1, 0.15) is 0 Å². The number of hydrogen-bond donors (Lipinski definition) is 2. The Labute approximate surface area is 75.4 Å². The quantitative estimate of drug-likeness (QED) is 0.660. The van der Waals surface area contributed by atoms with Crippen molar-refractivity contribution in [1.82, 2.24) is 5.32 Å². The van der Waals surface area contributed by atoms with E-state index in [-0.39, 0.29) is 5.54 Å². The van der Waals surface area contributed by atoms with E-state index >= 15 is 0 Å². The first-order valence-corrected chi connectivity index (χ1v) is 4.90. The van der Waals surface area contributed by atoms with Crippen molar-refractivity contribution in [2.45, 2.75) is 51.6 Å². The van der Waals surface area contributed by atoms with E-state index in [2.05, 4.69) is 26.1 Å². The molecule has 0 amide bonds. The van der Waals surface area contributed by atoms with Crippen LogP contribution in [0.4, 0.5) is 0 Å². The first kappa shape index (κ1) is 10.0. The maximum Gasteiger partial charge on any atom is 0.0459 e. The Hall–Kier alpha value is -0.0800. The van der Waals surface area contributed by atoms with Gasteiger partial charge in [-0.05, 0) is 46.0 Å². The largest absolute Gasteiger partial charge is 0.396 e. The lowest BCUT2D eigenvalue weighted by molar-refractivity contribution is 0.225. The van der Waals surface area contributed by atoms with Crippen molar-refractivity contribution in [1.29, 1.82) is 0 Å². The van der Waals surface area contributed by atoms with Crippen molar-refractivity contribution in [3.8, 4) is 0 Å². The lowest BCUT2D eigenvalue weighted by Crippen LogP contribution is -2.42. The Bertz CT molecular complexity index is 139. The maximum atomic E-state index is 8.95. The summed E-state index contributed by atoms with van der Waals surface area (Å²) in [5.41, 5.74) is 0.217. The highest BCUT2D eigenvalue weighted by Gasteiger charge is 2.26. The standard InChI is InChI=1S/C10H21NO/c1-10(2,3)11-9-5-4-8(6-9)7-12/h8-9,11-12H,4-7H2,1-3H3/t8-,9+/m1/s1. The van der Waals surface area contributed by atoms with Crippen LogP contribution in [0.3, 0.4) is 0 Å². The van der Waals surface area contributed by atoms with Gasteiger partial charge in [-0.1, -0.05) is 0 Å². The monoisotopic (exact) mass is 171 g/mol. The maximum absolute atomic E-state index is 8.95. The molecule has 2 N–H and O–H groups in total. The van der Waals surface area contributed by atoms with Crippen LogP contribution in [0, 0.1) is 5.92 Å². The molecule has 0 aliphatic heterocycles. The van der Waals surface area contributed by atoms with Crippen molar-refractivity contribution in [3.63, 3.8) is 0 Å². The van der Waals surface area contributed by atoms with Crippen LogP contribution >= 0.6 is 0 Å². The van der Waals surface area contributed by atoms with Gasteiger partial charge in [-0.2, -0.15) is 0 Å². The molecular weight excluding hydrogens is 150 g/mol. The zero-order valence-corrected chi connectivity index (χ0v) is 8.43. The van der Waals surface area contributed by atoms with E-state index < -0.39 is 0 Å². The van der Waals surface area contributed by atoms with Crippen molar-refractivity contribution in [3.05, 3.63) is 0 Å². The Morgan fingerprint density at radius 1 is 1.33 bits per heavy atom. The van der Waals surface area contributed by atoms with E-state index in [0.717, 1.165) is 6.42 Å². The van der Waals surface area contributed by atoms with E-state index in [4.69, 9.17) is 5.11 Å². The van der Waals surface area contributed by atoms with Crippen LogP contribution in [-0.4, -0.2) is 23.3 Å². The Kier molecular flexibility index (Phi) is 3.13. The molecule has 2 heteroatoms. The summed E-state index contributed by atoms with van der Waals surface area (Å²) in [6.45, 7) is 6.94. The lowest BCUT2D eigenvalue weighted by atomic mass is 10.1. The van der Waals surface area contributed by atoms with E-state index in [9.17, 15) is 0 Å². The minimum Gasteiger partial charge on any atom is -0.396 e. The number of hydrogen-bond acceptors (Lipinski definition) is 2.